The molecule has 7 heteroatoms. The van der Waals surface area contributed by atoms with E-state index < -0.39 is 43.0 Å². The van der Waals surface area contributed by atoms with Gasteiger partial charge >= 0.3 is 0 Å². The number of hydrogen-bond acceptors (Lipinski definition) is 6. The van der Waals surface area contributed by atoms with Crippen molar-refractivity contribution in [1.82, 2.24) is 0 Å². The molecule has 0 radical (unpaired) electrons. The minimum absolute atomic E-state index is 0.509. The van der Waals surface area contributed by atoms with E-state index in [2.05, 4.69) is 5.32 Å². The fourth-order valence-electron chi connectivity index (χ4n) is 2.05. The number of carbonyl (C=O) groups is 1. The van der Waals surface area contributed by atoms with E-state index >= 15 is 0 Å². The van der Waals surface area contributed by atoms with Gasteiger partial charge in [0.15, 0.2) is 6.10 Å². The molecule has 5 atom stereocenters. The van der Waals surface area contributed by atoms with Gasteiger partial charge in [-0.3, -0.25) is 4.79 Å². The quantitative estimate of drug-likeness (QED) is 0.459. The Morgan fingerprint density at radius 3 is 2.35 bits per heavy atom. The Balaban J connectivity index is 2.08. The highest BCUT2D eigenvalue weighted by Crippen LogP contribution is 2.22. The highest BCUT2D eigenvalue weighted by Gasteiger charge is 2.46. The molecular weight excluding hydrogens is 266 g/mol. The Kier molecular flexibility index (Phi) is 4.69. The molecule has 0 aliphatic carbocycles. The van der Waals surface area contributed by atoms with E-state index in [4.69, 9.17) is 9.84 Å². The summed E-state index contributed by atoms with van der Waals surface area (Å²) in [5, 5.41) is 40.6. The molecular formula is C13H17NO6. The summed E-state index contributed by atoms with van der Waals surface area (Å²) in [6.07, 6.45) is -7.08. The minimum Gasteiger partial charge on any atom is -0.394 e. The van der Waals surface area contributed by atoms with Crippen molar-refractivity contribution in [2.75, 3.05) is 11.9 Å². The van der Waals surface area contributed by atoms with E-state index in [1.54, 1.807) is 30.3 Å². The van der Waals surface area contributed by atoms with Crippen LogP contribution in [0.3, 0.4) is 0 Å². The number of ether oxygens (including phenoxy) is 1. The van der Waals surface area contributed by atoms with Gasteiger partial charge in [0.1, 0.15) is 24.4 Å². The van der Waals surface area contributed by atoms with Crippen LogP contribution in [-0.2, 0) is 9.53 Å². The molecule has 7 nitrogen and oxygen atoms in total. The fourth-order valence-corrected chi connectivity index (χ4v) is 2.05. The van der Waals surface area contributed by atoms with Crippen LogP contribution in [0.4, 0.5) is 5.69 Å². The van der Waals surface area contributed by atoms with Crippen molar-refractivity contribution in [3.63, 3.8) is 0 Å². The number of anilines is 1. The van der Waals surface area contributed by atoms with Crippen LogP contribution in [0.5, 0.6) is 0 Å². The van der Waals surface area contributed by atoms with Crippen LogP contribution in [0.15, 0.2) is 30.3 Å². The van der Waals surface area contributed by atoms with Gasteiger partial charge in [-0.25, -0.2) is 0 Å². The number of amides is 1. The molecule has 0 bridgehead atoms. The summed E-state index contributed by atoms with van der Waals surface area (Å²) in [5.74, 6) is -0.659. The summed E-state index contributed by atoms with van der Waals surface area (Å²) in [4.78, 5) is 12.0. The second kappa shape index (κ2) is 6.29. The van der Waals surface area contributed by atoms with E-state index in [1.807, 2.05) is 0 Å². The molecule has 1 aliphatic heterocycles. The van der Waals surface area contributed by atoms with Crippen LogP contribution < -0.4 is 5.32 Å². The number of rotatable bonds is 3. The average Bonchev–Trinajstić information content (AvgIpc) is 2.46. The smallest absolute Gasteiger partial charge is 0.256 e. The summed E-state index contributed by atoms with van der Waals surface area (Å²) >= 11 is 0. The van der Waals surface area contributed by atoms with E-state index in [-0.39, 0.29) is 0 Å². The predicted octanol–water partition coefficient (Wildman–Crippen LogP) is -1.53. The first-order valence-electron chi connectivity index (χ1n) is 6.21. The lowest BCUT2D eigenvalue weighted by Crippen LogP contribution is -2.61. The van der Waals surface area contributed by atoms with Gasteiger partial charge < -0.3 is 30.5 Å². The van der Waals surface area contributed by atoms with Crippen molar-refractivity contribution >= 4 is 11.6 Å². The lowest BCUT2D eigenvalue weighted by Gasteiger charge is -2.39. The normalized spacial score (nSPS) is 33.7. The molecule has 1 aromatic rings. The predicted molar refractivity (Wildman–Crippen MR) is 68.8 cm³/mol. The van der Waals surface area contributed by atoms with Crippen LogP contribution in [-0.4, -0.2) is 63.5 Å². The zero-order valence-corrected chi connectivity index (χ0v) is 10.6. The van der Waals surface area contributed by atoms with Crippen LogP contribution >= 0.6 is 0 Å². The summed E-state index contributed by atoms with van der Waals surface area (Å²) in [5.41, 5.74) is 0.509. The zero-order valence-electron chi connectivity index (χ0n) is 10.6. The van der Waals surface area contributed by atoms with Crippen LogP contribution in [0.1, 0.15) is 0 Å². The average molecular weight is 283 g/mol. The van der Waals surface area contributed by atoms with E-state index in [0.29, 0.717) is 5.69 Å². The highest BCUT2D eigenvalue weighted by atomic mass is 16.5. The van der Waals surface area contributed by atoms with Crippen molar-refractivity contribution in [2.45, 2.75) is 30.5 Å². The van der Waals surface area contributed by atoms with Crippen molar-refractivity contribution in [3.05, 3.63) is 30.3 Å². The number of benzene rings is 1. The fraction of sp³-hybridized carbons (Fsp3) is 0.462. The summed E-state index contributed by atoms with van der Waals surface area (Å²) in [6.45, 7) is -0.569. The Morgan fingerprint density at radius 1 is 1.10 bits per heavy atom. The van der Waals surface area contributed by atoms with Crippen molar-refractivity contribution in [3.8, 4) is 0 Å². The number of nitrogens with one attached hydrogen (secondary N) is 1. The number of aliphatic hydroxyl groups is 4. The third-order valence-corrected chi connectivity index (χ3v) is 3.19. The van der Waals surface area contributed by atoms with E-state index in [1.165, 1.54) is 0 Å². The van der Waals surface area contributed by atoms with Gasteiger partial charge in [0.2, 0.25) is 0 Å². The first-order chi connectivity index (χ1) is 9.54. The Hall–Kier alpha value is -1.51. The summed E-state index contributed by atoms with van der Waals surface area (Å²) < 4.78 is 5.14. The Bertz CT molecular complexity index is 451. The van der Waals surface area contributed by atoms with Crippen LogP contribution in [0.25, 0.3) is 0 Å². The Labute approximate surface area is 115 Å². The van der Waals surface area contributed by atoms with Gasteiger partial charge in [0.05, 0.1) is 6.61 Å². The third kappa shape index (κ3) is 2.97. The molecule has 2 rings (SSSR count). The molecule has 4 unspecified atom stereocenters. The maximum Gasteiger partial charge on any atom is 0.256 e. The standard InChI is InChI=1S/C13H17NO6/c15-6-8-9(16)10(17)11(18)12(20-8)13(19)14-7-4-2-1-3-5-7/h1-5,8-12,15-18H,6H2,(H,14,19)/t8?,9?,10?,11?,12-/m1/s1. The van der Waals surface area contributed by atoms with Gasteiger partial charge in [-0.2, -0.15) is 0 Å². The van der Waals surface area contributed by atoms with Gasteiger partial charge in [-0.1, -0.05) is 18.2 Å². The lowest BCUT2D eigenvalue weighted by atomic mass is 9.94. The number of hydrogen-bond donors (Lipinski definition) is 5. The minimum atomic E-state index is -1.57. The molecule has 1 aliphatic rings. The largest absolute Gasteiger partial charge is 0.394 e. The third-order valence-electron chi connectivity index (χ3n) is 3.19. The topological polar surface area (TPSA) is 119 Å². The number of aliphatic hydroxyl groups excluding tert-OH is 4. The first kappa shape index (κ1) is 14.9. The first-order valence-corrected chi connectivity index (χ1v) is 6.21. The summed E-state index contributed by atoms with van der Waals surface area (Å²) in [7, 11) is 0. The number of para-hydroxylation sites is 1. The maximum absolute atomic E-state index is 12.0. The van der Waals surface area contributed by atoms with Crippen LogP contribution in [0, 0.1) is 0 Å². The molecule has 1 amide bonds. The molecule has 0 spiro atoms. The van der Waals surface area contributed by atoms with Gasteiger partial charge in [-0.15, -0.1) is 0 Å². The number of carbonyl (C=O) groups excluding carboxylic acids is 1. The van der Waals surface area contributed by atoms with Crippen LogP contribution in [0.2, 0.25) is 0 Å². The van der Waals surface area contributed by atoms with Crippen molar-refractivity contribution < 1.29 is 30.0 Å². The SMILES string of the molecule is O=C(Nc1ccccc1)[C@@H]1OC(CO)C(O)C(O)C1O. The molecule has 1 saturated heterocycles. The molecule has 0 aromatic heterocycles. The Morgan fingerprint density at radius 2 is 1.75 bits per heavy atom. The van der Waals surface area contributed by atoms with Crippen molar-refractivity contribution in [2.24, 2.45) is 0 Å². The van der Waals surface area contributed by atoms with E-state index in [0.717, 1.165) is 0 Å². The highest BCUT2D eigenvalue weighted by molar-refractivity contribution is 5.94. The molecule has 1 aromatic carbocycles. The molecule has 1 fully saturated rings. The zero-order chi connectivity index (χ0) is 14.7. The van der Waals surface area contributed by atoms with E-state index in [9.17, 15) is 20.1 Å². The van der Waals surface area contributed by atoms with Gasteiger partial charge in [0, 0.05) is 5.69 Å². The molecule has 20 heavy (non-hydrogen) atoms. The molecule has 110 valence electrons. The molecule has 0 saturated carbocycles. The molecule has 5 N–H and O–H groups in total. The lowest BCUT2D eigenvalue weighted by molar-refractivity contribution is -0.224. The second-order valence-electron chi connectivity index (χ2n) is 4.60. The van der Waals surface area contributed by atoms with Gasteiger partial charge in [-0.05, 0) is 12.1 Å². The maximum atomic E-state index is 12.0. The second-order valence-corrected chi connectivity index (χ2v) is 4.60. The van der Waals surface area contributed by atoms with Gasteiger partial charge in [0.25, 0.3) is 5.91 Å². The summed E-state index contributed by atoms with van der Waals surface area (Å²) in [6, 6.07) is 8.54. The monoisotopic (exact) mass is 283 g/mol. The van der Waals surface area contributed by atoms with Crippen molar-refractivity contribution in [1.29, 1.82) is 0 Å². The molecule has 1 heterocycles.